The largest absolute Gasteiger partial charge is 0.481 e. The molecule has 0 radical (unpaired) electrons. The van der Waals surface area contributed by atoms with Crippen LogP contribution >= 0.6 is 0 Å². The SMILES string of the molecule is O=CC1CCc2nn(C3CC(C(=O)O)C3)cc2C1. The van der Waals surface area contributed by atoms with Crippen LogP contribution in [-0.2, 0) is 22.4 Å². The molecule has 1 atom stereocenters. The Morgan fingerprint density at radius 2 is 2.28 bits per heavy atom. The lowest BCUT2D eigenvalue weighted by molar-refractivity contribution is -0.146. The lowest BCUT2D eigenvalue weighted by atomic mass is 9.80. The molecule has 1 N–H and O–H groups in total. The summed E-state index contributed by atoms with van der Waals surface area (Å²) in [7, 11) is 0. The van der Waals surface area contributed by atoms with Crippen LogP contribution in [0.5, 0.6) is 0 Å². The topological polar surface area (TPSA) is 72.2 Å². The molecule has 0 bridgehead atoms. The molecule has 0 saturated heterocycles. The maximum absolute atomic E-state index is 10.8. The Hall–Kier alpha value is -1.65. The van der Waals surface area contributed by atoms with Crippen molar-refractivity contribution in [3.63, 3.8) is 0 Å². The number of aliphatic carboxylic acids is 1. The lowest BCUT2D eigenvalue weighted by Gasteiger charge is -2.32. The van der Waals surface area contributed by atoms with Crippen LogP contribution in [0.15, 0.2) is 6.20 Å². The average Bonchev–Trinajstić information content (AvgIpc) is 2.68. The molecule has 1 aromatic heterocycles. The highest BCUT2D eigenvalue weighted by Crippen LogP contribution is 2.38. The number of aldehydes is 1. The minimum Gasteiger partial charge on any atom is -0.481 e. The fourth-order valence-electron chi connectivity index (χ4n) is 2.86. The number of aryl methyl sites for hydroxylation is 1. The van der Waals surface area contributed by atoms with Crippen LogP contribution < -0.4 is 0 Å². The second kappa shape index (κ2) is 4.23. The Morgan fingerprint density at radius 3 is 2.94 bits per heavy atom. The van der Waals surface area contributed by atoms with Crippen molar-refractivity contribution >= 4 is 12.3 Å². The monoisotopic (exact) mass is 248 g/mol. The summed E-state index contributed by atoms with van der Waals surface area (Å²) in [6.07, 6.45) is 6.92. The molecule has 3 rings (SSSR count). The number of rotatable bonds is 3. The Labute approximate surface area is 105 Å². The zero-order chi connectivity index (χ0) is 12.7. The van der Waals surface area contributed by atoms with Crippen LogP contribution in [0.3, 0.4) is 0 Å². The maximum Gasteiger partial charge on any atom is 0.306 e. The van der Waals surface area contributed by atoms with Gasteiger partial charge in [-0.05, 0) is 37.7 Å². The van der Waals surface area contributed by atoms with E-state index in [0.29, 0.717) is 12.8 Å². The van der Waals surface area contributed by atoms with E-state index in [9.17, 15) is 9.59 Å². The molecule has 0 amide bonds. The van der Waals surface area contributed by atoms with Gasteiger partial charge in [-0.15, -0.1) is 0 Å². The van der Waals surface area contributed by atoms with Crippen LogP contribution in [-0.4, -0.2) is 27.1 Å². The molecule has 5 nitrogen and oxygen atoms in total. The van der Waals surface area contributed by atoms with E-state index < -0.39 is 5.97 Å². The first-order valence-corrected chi connectivity index (χ1v) is 6.42. The third kappa shape index (κ3) is 1.83. The van der Waals surface area contributed by atoms with E-state index in [4.69, 9.17) is 5.11 Å². The van der Waals surface area contributed by atoms with Crippen LogP contribution in [0.1, 0.15) is 36.6 Å². The molecule has 96 valence electrons. The quantitative estimate of drug-likeness (QED) is 0.816. The van der Waals surface area contributed by atoms with E-state index in [1.807, 2.05) is 10.9 Å². The predicted octanol–water partition coefficient (Wildman–Crippen LogP) is 1.22. The average molecular weight is 248 g/mol. The highest BCUT2D eigenvalue weighted by molar-refractivity contribution is 5.71. The Morgan fingerprint density at radius 1 is 1.50 bits per heavy atom. The summed E-state index contributed by atoms with van der Waals surface area (Å²) in [5.41, 5.74) is 2.25. The van der Waals surface area contributed by atoms with Crippen molar-refractivity contribution in [3.8, 4) is 0 Å². The summed E-state index contributed by atoms with van der Waals surface area (Å²) in [4.78, 5) is 21.6. The van der Waals surface area contributed by atoms with Gasteiger partial charge in [-0.1, -0.05) is 0 Å². The van der Waals surface area contributed by atoms with E-state index in [1.54, 1.807) is 0 Å². The number of carboxylic acids is 1. The van der Waals surface area contributed by atoms with E-state index in [-0.39, 0.29) is 17.9 Å². The molecule has 0 spiro atoms. The molecule has 1 heterocycles. The zero-order valence-corrected chi connectivity index (χ0v) is 10.1. The number of aromatic nitrogens is 2. The maximum atomic E-state index is 10.8. The van der Waals surface area contributed by atoms with Gasteiger partial charge in [0, 0.05) is 12.1 Å². The van der Waals surface area contributed by atoms with Crippen LogP contribution in [0.25, 0.3) is 0 Å². The van der Waals surface area contributed by atoms with Gasteiger partial charge in [0.1, 0.15) is 6.29 Å². The van der Waals surface area contributed by atoms with Crippen molar-refractivity contribution in [2.24, 2.45) is 11.8 Å². The number of fused-ring (bicyclic) bond motifs is 1. The van der Waals surface area contributed by atoms with Gasteiger partial charge in [-0.25, -0.2) is 0 Å². The van der Waals surface area contributed by atoms with Crippen LogP contribution in [0, 0.1) is 11.8 Å². The smallest absolute Gasteiger partial charge is 0.306 e. The van der Waals surface area contributed by atoms with Crippen LogP contribution in [0.4, 0.5) is 0 Å². The van der Waals surface area contributed by atoms with E-state index in [2.05, 4.69) is 5.10 Å². The van der Waals surface area contributed by atoms with Crippen molar-refractivity contribution in [3.05, 3.63) is 17.5 Å². The van der Waals surface area contributed by atoms with Crippen molar-refractivity contribution in [1.29, 1.82) is 0 Å². The van der Waals surface area contributed by atoms with Gasteiger partial charge in [-0.3, -0.25) is 9.48 Å². The summed E-state index contributed by atoms with van der Waals surface area (Å²) < 4.78 is 1.91. The second-order valence-electron chi connectivity index (χ2n) is 5.38. The van der Waals surface area contributed by atoms with E-state index in [1.165, 1.54) is 0 Å². The van der Waals surface area contributed by atoms with Gasteiger partial charge in [0.2, 0.25) is 0 Å². The Kier molecular flexibility index (Phi) is 2.69. The van der Waals surface area contributed by atoms with Gasteiger partial charge >= 0.3 is 5.97 Å². The molecule has 0 aromatic carbocycles. The first kappa shape index (κ1) is 11.4. The van der Waals surface area contributed by atoms with Crippen LogP contribution in [0.2, 0.25) is 0 Å². The summed E-state index contributed by atoms with van der Waals surface area (Å²) >= 11 is 0. The molecule has 1 saturated carbocycles. The van der Waals surface area contributed by atoms with Crippen molar-refractivity contribution < 1.29 is 14.7 Å². The van der Waals surface area contributed by atoms with Gasteiger partial charge in [0.05, 0.1) is 17.7 Å². The standard InChI is InChI=1S/C13H16N2O3/c16-7-8-1-2-12-10(3-8)6-15(14-12)11-4-9(5-11)13(17)18/h6-9,11H,1-5H2,(H,17,18). The summed E-state index contributed by atoms with van der Waals surface area (Å²) in [5, 5.41) is 13.4. The number of carboxylic acid groups (broad SMARTS) is 1. The summed E-state index contributed by atoms with van der Waals surface area (Å²) in [6, 6.07) is 0.228. The fourth-order valence-corrected chi connectivity index (χ4v) is 2.86. The fraction of sp³-hybridized carbons (Fsp3) is 0.615. The molecule has 18 heavy (non-hydrogen) atoms. The van der Waals surface area contributed by atoms with Gasteiger partial charge < -0.3 is 9.90 Å². The van der Waals surface area contributed by atoms with Crippen molar-refractivity contribution in [2.75, 3.05) is 0 Å². The Balaban J connectivity index is 1.71. The number of hydrogen-bond acceptors (Lipinski definition) is 3. The second-order valence-corrected chi connectivity index (χ2v) is 5.38. The van der Waals surface area contributed by atoms with Crippen molar-refractivity contribution in [2.45, 2.75) is 38.1 Å². The molecule has 2 aliphatic rings. The number of nitrogens with zero attached hydrogens (tertiary/aromatic N) is 2. The third-order valence-electron chi connectivity index (χ3n) is 4.16. The molecular formula is C13H16N2O3. The Bertz CT molecular complexity index is 488. The molecule has 2 aliphatic carbocycles. The predicted molar refractivity (Wildman–Crippen MR) is 63.2 cm³/mol. The highest BCUT2D eigenvalue weighted by atomic mass is 16.4. The molecule has 1 aromatic rings. The minimum atomic E-state index is -0.704. The summed E-state index contributed by atoms with van der Waals surface area (Å²) in [5.74, 6) is -0.786. The molecule has 1 fully saturated rings. The first-order chi connectivity index (χ1) is 8.67. The third-order valence-corrected chi connectivity index (χ3v) is 4.16. The zero-order valence-electron chi connectivity index (χ0n) is 10.1. The van der Waals surface area contributed by atoms with Gasteiger partial charge in [0.25, 0.3) is 0 Å². The number of carbonyl (C=O) groups excluding carboxylic acids is 1. The van der Waals surface area contributed by atoms with E-state index >= 15 is 0 Å². The molecule has 5 heteroatoms. The first-order valence-electron chi connectivity index (χ1n) is 6.42. The molecular weight excluding hydrogens is 232 g/mol. The number of carbonyl (C=O) groups is 2. The van der Waals surface area contributed by atoms with Gasteiger partial charge in [0.15, 0.2) is 0 Å². The highest BCUT2D eigenvalue weighted by Gasteiger charge is 2.36. The molecule has 1 unspecified atom stereocenters. The number of hydrogen-bond donors (Lipinski definition) is 1. The van der Waals surface area contributed by atoms with E-state index in [0.717, 1.165) is 36.8 Å². The van der Waals surface area contributed by atoms with Crippen molar-refractivity contribution in [1.82, 2.24) is 9.78 Å². The molecule has 0 aliphatic heterocycles. The van der Waals surface area contributed by atoms with Gasteiger partial charge in [-0.2, -0.15) is 5.10 Å². The normalized spacial score (nSPS) is 30.3. The lowest BCUT2D eigenvalue weighted by Crippen LogP contribution is -2.32. The summed E-state index contributed by atoms with van der Waals surface area (Å²) in [6.45, 7) is 0. The minimum absolute atomic E-state index is 0.128.